The van der Waals surface area contributed by atoms with Crippen LogP contribution in [0.2, 0.25) is 0 Å². The van der Waals surface area contributed by atoms with Crippen LogP contribution in [-0.2, 0) is 6.54 Å². The second-order valence-electron chi connectivity index (χ2n) is 9.13. The number of anilines is 6. The van der Waals surface area contributed by atoms with E-state index in [0.29, 0.717) is 11.4 Å². The van der Waals surface area contributed by atoms with Crippen LogP contribution in [-0.4, -0.2) is 24.5 Å². The van der Waals surface area contributed by atoms with Gasteiger partial charge in [0.15, 0.2) is 0 Å². The number of aromatic nitrogens is 5. The summed E-state index contributed by atoms with van der Waals surface area (Å²) in [5.74, 6) is 0.949. The molecule has 0 saturated carbocycles. The third-order valence-electron chi connectivity index (χ3n) is 6.21. The maximum absolute atomic E-state index is 13.4. The summed E-state index contributed by atoms with van der Waals surface area (Å²) < 4.78 is 29.0. The summed E-state index contributed by atoms with van der Waals surface area (Å²) >= 11 is 0. The highest BCUT2D eigenvalue weighted by Gasteiger charge is 2.12. The van der Waals surface area contributed by atoms with Crippen molar-refractivity contribution in [1.29, 1.82) is 0 Å². The molecule has 0 spiro atoms. The van der Waals surface area contributed by atoms with E-state index < -0.39 is 0 Å². The van der Waals surface area contributed by atoms with E-state index in [9.17, 15) is 8.78 Å². The Hall–Kier alpha value is -5.38. The Kier molecular flexibility index (Phi) is 6.72. The second kappa shape index (κ2) is 10.8. The second-order valence-corrected chi connectivity index (χ2v) is 9.13. The van der Waals surface area contributed by atoms with Crippen LogP contribution in [0, 0.1) is 18.6 Å². The minimum Gasteiger partial charge on any atom is -0.324 e. The molecule has 0 fully saturated rings. The van der Waals surface area contributed by atoms with Gasteiger partial charge in [0.2, 0.25) is 17.8 Å². The Bertz CT molecular complexity index is 1700. The van der Waals surface area contributed by atoms with Gasteiger partial charge in [0, 0.05) is 23.6 Å². The molecule has 10 heteroatoms. The number of aryl methyl sites for hydroxylation is 1. The minimum absolute atomic E-state index is 0.234. The topological polar surface area (TPSA) is 92.6 Å². The van der Waals surface area contributed by atoms with E-state index >= 15 is 0 Å². The summed E-state index contributed by atoms with van der Waals surface area (Å²) in [6.07, 6.45) is 0. The SMILES string of the molecule is Cc1nc2cc(Nc3nc(Nc4ccc(F)cc4)nc(Nc4ccc(F)cc4)n3)ccc2n1Cc1ccccc1. The molecule has 0 radical (unpaired) electrons. The standard InChI is InChI=1S/C30H24F2N8/c1-19-33-26-17-25(15-16-27(26)40(19)18-20-5-3-2-4-6-20)36-30-38-28(34-23-11-7-21(31)8-12-23)37-29(39-30)35-24-13-9-22(32)10-14-24/h2-17H,18H2,1H3,(H3,34,35,36,37,38,39). The number of halogens is 2. The molecule has 40 heavy (non-hydrogen) atoms. The zero-order valence-electron chi connectivity index (χ0n) is 21.4. The lowest BCUT2D eigenvalue weighted by molar-refractivity contribution is 0.627. The fourth-order valence-electron chi connectivity index (χ4n) is 4.29. The largest absolute Gasteiger partial charge is 0.324 e. The first-order valence-electron chi connectivity index (χ1n) is 12.6. The zero-order chi connectivity index (χ0) is 27.5. The third-order valence-corrected chi connectivity index (χ3v) is 6.21. The summed E-state index contributed by atoms with van der Waals surface area (Å²) in [5.41, 5.74) is 4.99. The smallest absolute Gasteiger partial charge is 0.233 e. The Morgan fingerprint density at radius 2 is 1.10 bits per heavy atom. The van der Waals surface area contributed by atoms with Gasteiger partial charge in [-0.15, -0.1) is 0 Å². The van der Waals surface area contributed by atoms with Crippen molar-refractivity contribution in [2.75, 3.05) is 16.0 Å². The molecule has 0 aliphatic carbocycles. The highest BCUT2D eigenvalue weighted by molar-refractivity contribution is 5.81. The summed E-state index contributed by atoms with van der Waals surface area (Å²) in [7, 11) is 0. The van der Waals surface area contributed by atoms with Crippen LogP contribution in [0.25, 0.3) is 11.0 Å². The monoisotopic (exact) mass is 534 g/mol. The van der Waals surface area contributed by atoms with Crippen LogP contribution in [0.15, 0.2) is 97.1 Å². The summed E-state index contributed by atoms with van der Waals surface area (Å²) in [6, 6.07) is 27.8. The average molecular weight is 535 g/mol. The van der Waals surface area contributed by atoms with Gasteiger partial charge in [-0.05, 0) is 79.2 Å². The zero-order valence-corrected chi connectivity index (χ0v) is 21.4. The molecule has 0 aliphatic heterocycles. The van der Waals surface area contributed by atoms with Gasteiger partial charge in [-0.3, -0.25) is 0 Å². The Labute approximate surface area is 228 Å². The van der Waals surface area contributed by atoms with E-state index in [-0.39, 0.29) is 29.5 Å². The molecule has 8 nitrogen and oxygen atoms in total. The molecule has 2 heterocycles. The van der Waals surface area contributed by atoms with E-state index in [1.54, 1.807) is 24.3 Å². The van der Waals surface area contributed by atoms with Crippen molar-refractivity contribution in [1.82, 2.24) is 24.5 Å². The van der Waals surface area contributed by atoms with Gasteiger partial charge in [-0.1, -0.05) is 30.3 Å². The van der Waals surface area contributed by atoms with Crippen LogP contribution in [0.1, 0.15) is 11.4 Å². The maximum Gasteiger partial charge on any atom is 0.233 e. The number of fused-ring (bicyclic) bond motifs is 1. The van der Waals surface area contributed by atoms with Gasteiger partial charge in [-0.25, -0.2) is 13.8 Å². The van der Waals surface area contributed by atoms with E-state index in [4.69, 9.17) is 4.98 Å². The van der Waals surface area contributed by atoms with E-state index in [2.05, 4.69) is 47.6 Å². The highest BCUT2D eigenvalue weighted by Crippen LogP contribution is 2.25. The first-order chi connectivity index (χ1) is 19.5. The van der Waals surface area contributed by atoms with Gasteiger partial charge in [0.05, 0.1) is 11.0 Å². The van der Waals surface area contributed by atoms with Gasteiger partial charge >= 0.3 is 0 Å². The fraction of sp³-hybridized carbons (Fsp3) is 0.0667. The molecular weight excluding hydrogens is 510 g/mol. The van der Waals surface area contributed by atoms with Crippen molar-refractivity contribution < 1.29 is 8.78 Å². The first-order valence-corrected chi connectivity index (χ1v) is 12.6. The highest BCUT2D eigenvalue weighted by atomic mass is 19.1. The quantitative estimate of drug-likeness (QED) is 0.192. The summed E-state index contributed by atoms with van der Waals surface area (Å²) in [6.45, 7) is 2.71. The van der Waals surface area contributed by atoms with Crippen molar-refractivity contribution in [3.05, 3.63) is 120 Å². The van der Waals surface area contributed by atoms with Gasteiger partial charge in [0.25, 0.3) is 0 Å². The van der Waals surface area contributed by atoms with E-state index in [0.717, 1.165) is 29.1 Å². The van der Waals surface area contributed by atoms with Crippen LogP contribution in [0.5, 0.6) is 0 Å². The molecule has 6 aromatic rings. The molecule has 0 aliphatic rings. The predicted octanol–water partition coefficient (Wildman–Crippen LogP) is 7.09. The minimum atomic E-state index is -0.348. The van der Waals surface area contributed by atoms with Crippen molar-refractivity contribution in [3.63, 3.8) is 0 Å². The molecule has 0 amide bonds. The molecule has 0 bridgehead atoms. The molecular formula is C30H24F2N8. The van der Waals surface area contributed by atoms with E-state index in [1.165, 1.54) is 29.8 Å². The lowest BCUT2D eigenvalue weighted by atomic mass is 10.2. The molecule has 6 rings (SSSR count). The van der Waals surface area contributed by atoms with Crippen molar-refractivity contribution in [2.24, 2.45) is 0 Å². The summed E-state index contributed by atoms with van der Waals surface area (Å²) in [5, 5.41) is 9.38. The van der Waals surface area contributed by atoms with Crippen LogP contribution in [0.3, 0.4) is 0 Å². The Morgan fingerprint density at radius 1 is 0.600 bits per heavy atom. The summed E-state index contributed by atoms with van der Waals surface area (Å²) in [4.78, 5) is 18.2. The molecule has 3 N–H and O–H groups in total. The van der Waals surface area contributed by atoms with Gasteiger partial charge in [-0.2, -0.15) is 15.0 Å². The van der Waals surface area contributed by atoms with Crippen molar-refractivity contribution >= 4 is 45.9 Å². The molecule has 0 saturated heterocycles. The number of hydrogen-bond acceptors (Lipinski definition) is 7. The van der Waals surface area contributed by atoms with Crippen molar-refractivity contribution in [3.8, 4) is 0 Å². The molecule has 2 aromatic heterocycles. The van der Waals surface area contributed by atoms with Crippen LogP contribution in [0.4, 0.5) is 43.7 Å². The average Bonchev–Trinajstić information content (AvgIpc) is 3.25. The Morgan fingerprint density at radius 3 is 1.65 bits per heavy atom. The van der Waals surface area contributed by atoms with Crippen LogP contribution >= 0.6 is 0 Å². The number of hydrogen-bond donors (Lipinski definition) is 3. The maximum atomic E-state index is 13.4. The number of rotatable bonds is 8. The molecule has 0 atom stereocenters. The van der Waals surface area contributed by atoms with Crippen molar-refractivity contribution in [2.45, 2.75) is 13.5 Å². The fourth-order valence-corrected chi connectivity index (χ4v) is 4.29. The molecule has 0 unspecified atom stereocenters. The number of benzene rings is 4. The number of imidazole rings is 1. The number of nitrogens with zero attached hydrogens (tertiary/aromatic N) is 5. The lowest BCUT2D eigenvalue weighted by Crippen LogP contribution is -2.07. The molecule has 4 aromatic carbocycles. The first kappa shape index (κ1) is 24.9. The molecule has 198 valence electrons. The number of nitrogens with one attached hydrogen (secondary N) is 3. The van der Waals surface area contributed by atoms with Gasteiger partial charge < -0.3 is 20.5 Å². The normalized spacial score (nSPS) is 11.0. The lowest BCUT2D eigenvalue weighted by Gasteiger charge is -2.12. The van der Waals surface area contributed by atoms with Crippen LogP contribution < -0.4 is 16.0 Å². The van der Waals surface area contributed by atoms with Gasteiger partial charge in [0.1, 0.15) is 17.5 Å². The van der Waals surface area contributed by atoms with E-state index in [1.807, 2.05) is 43.3 Å². The predicted molar refractivity (Wildman–Crippen MR) is 152 cm³/mol. The third kappa shape index (κ3) is 5.70. The Balaban J connectivity index is 1.30.